The zero-order valence-corrected chi connectivity index (χ0v) is 19.9. The first-order valence-corrected chi connectivity index (χ1v) is 11.2. The molecule has 0 aliphatic carbocycles. The lowest BCUT2D eigenvalue weighted by atomic mass is 10.1. The minimum atomic E-state index is -4.84. The average molecular weight is 562 g/mol. The van der Waals surface area contributed by atoms with Gasteiger partial charge in [0.2, 0.25) is 0 Å². The Morgan fingerprint density at radius 1 is 0.500 bits per heavy atom. The molecular formula is C28H16F6O6. The number of rotatable bonds is 7. The molecule has 0 aromatic heterocycles. The number of hydrogen-bond donors (Lipinski definition) is 2. The van der Waals surface area contributed by atoms with E-state index in [2.05, 4.69) is 0 Å². The molecule has 0 unspecified atom stereocenters. The highest BCUT2D eigenvalue weighted by Gasteiger charge is 2.36. The lowest BCUT2D eigenvalue weighted by Crippen LogP contribution is -2.12. The van der Waals surface area contributed by atoms with Crippen molar-refractivity contribution in [3.8, 4) is 34.1 Å². The van der Waals surface area contributed by atoms with Gasteiger partial charge in [0.1, 0.15) is 23.0 Å². The largest absolute Gasteiger partial charge is 0.478 e. The number of carbonyl (C=O) groups is 2. The monoisotopic (exact) mass is 562 g/mol. The number of carboxylic acid groups (broad SMARTS) is 2. The molecule has 12 heteroatoms. The molecule has 4 aromatic carbocycles. The van der Waals surface area contributed by atoms with E-state index in [1.165, 1.54) is 24.3 Å². The summed E-state index contributed by atoms with van der Waals surface area (Å²) < 4.78 is 89.2. The summed E-state index contributed by atoms with van der Waals surface area (Å²) >= 11 is 0. The fourth-order valence-electron chi connectivity index (χ4n) is 3.72. The minimum absolute atomic E-state index is 0.103. The number of hydrogen-bond acceptors (Lipinski definition) is 4. The van der Waals surface area contributed by atoms with Gasteiger partial charge < -0.3 is 19.7 Å². The molecule has 2 N–H and O–H groups in total. The smallest absolute Gasteiger partial charge is 0.417 e. The van der Waals surface area contributed by atoms with E-state index in [4.69, 9.17) is 19.7 Å². The third kappa shape index (κ3) is 6.34. The van der Waals surface area contributed by atoms with Gasteiger partial charge in [0.05, 0.1) is 22.3 Å². The average Bonchev–Trinajstić information content (AvgIpc) is 2.88. The molecule has 0 amide bonds. The third-order valence-electron chi connectivity index (χ3n) is 5.57. The summed E-state index contributed by atoms with van der Waals surface area (Å²) in [5.74, 6) is -3.24. The highest BCUT2D eigenvalue weighted by molar-refractivity contribution is 5.90. The Bertz CT molecular complexity index is 1440. The Morgan fingerprint density at radius 3 is 1.07 bits per heavy atom. The predicted octanol–water partition coefficient (Wildman–Crippen LogP) is 8.37. The Morgan fingerprint density at radius 2 is 0.800 bits per heavy atom. The third-order valence-corrected chi connectivity index (χ3v) is 5.57. The molecule has 0 saturated heterocycles. The number of ether oxygens (including phenoxy) is 2. The van der Waals surface area contributed by atoms with Crippen LogP contribution >= 0.6 is 0 Å². The summed E-state index contributed by atoms with van der Waals surface area (Å²) in [7, 11) is 0. The van der Waals surface area contributed by atoms with Crippen molar-refractivity contribution in [2.24, 2.45) is 0 Å². The number of alkyl halides is 6. The van der Waals surface area contributed by atoms with E-state index in [1.807, 2.05) is 0 Å². The molecule has 4 rings (SSSR count). The molecule has 0 aliphatic rings. The second-order valence-corrected chi connectivity index (χ2v) is 8.27. The van der Waals surface area contributed by atoms with Crippen molar-refractivity contribution in [1.29, 1.82) is 0 Å². The van der Waals surface area contributed by atoms with E-state index < -0.39 is 46.5 Å². The maximum absolute atomic E-state index is 13.0. The van der Waals surface area contributed by atoms with Gasteiger partial charge in [0, 0.05) is 0 Å². The van der Waals surface area contributed by atoms with Crippen molar-refractivity contribution in [1.82, 2.24) is 0 Å². The first kappa shape index (κ1) is 28.0. The highest BCUT2D eigenvalue weighted by atomic mass is 19.4. The molecular weight excluding hydrogens is 546 g/mol. The standard InChI is InChI=1S/C28H16F6O6/c29-27(30,31)23-11-9-19(13-21(23)25(35)36)39-17-5-1-15(2-6-17)16-3-7-18(8-4-16)40-20-10-12-24(28(32,33)34)22(14-20)26(37)38/h1-14H,(H,35,36)(H,37,38). The van der Waals surface area contributed by atoms with Gasteiger partial charge in [0.15, 0.2) is 0 Å². The number of halogens is 6. The van der Waals surface area contributed by atoms with Crippen molar-refractivity contribution >= 4 is 11.9 Å². The zero-order valence-electron chi connectivity index (χ0n) is 19.9. The van der Waals surface area contributed by atoms with Gasteiger partial charge >= 0.3 is 24.3 Å². The van der Waals surface area contributed by atoms with Crippen LogP contribution in [0.25, 0.3) is 11.1 Å². The van der Waals surface area contributed by atoms with E-state index in [0.29, 0.717) is 23.3 Å². The molecule has 0 fully saturated rings. The summed E-state index contributed by atoms with van der Waals surface area (Å²) in [6.45, 7) is 0. The quantitative estimate of drug-likeness (QED) is 0.220. The van der Waals surface area contributed by atoms with Crippen LogP contribution in [-0.2, 0) is 12.4 Å². The van der Waals surface area contributed by atoms with E-state index in [9.17, 15) is 35.9 Å². The fourth-order valence-corrected chi connectivity index (χ4v) is 3.72. The van der Waals surface area contributed by atoms with Crippen LogP contribution in [0.1, 0.15) is 31.8 Å². The minimum Gasteiger partial charge on any atom is -0.478 e. The SMILES string of the molecule is O=C(O)c1cc(Oc2ccc(-c3ccc(Oc4ccc(C(F)(F)F)c(C(=O)O)c4)cc3)cc2)ccc1C(F)(F)F. The number of carboxylic acids is 2. The molecule has 0 bridgehead atoms. The van der Waals surface area contributed by atoms with Crippen molar-refractivity contribution < 1.29 is 55.6 Å². The van der Waals surface area contributed by atoms with E-state index >= 15 is 0 Å². The van der Waals surface area contributed by atoms with Crippen molar-refractivity contribution in [2.75, 3.05) is 0 Å². The molecule has 0 atom stereocenters. The Kier molecular flexibility index (Phi) is 7.45. The van der Waals surface area contributed by atoms with Crippen LogP contribution in [0.5, 0.6) is 23.0 Å². The predicted molar refractivity (Wildman–Crippen MR) is 129 cm³/mol. The fraction of sp³-hybridized carbons (Fsp3) is 0.0714. The van der Waals surface area contributed by atoms with Crippen molar-refractivity contribution in [3.63, 3.8) is 0 Å². The number of benzene rings is 4. The van der Waals surface area contributed by atoms with Crippen LogP contribution in [0.15, 0.2) is 84.9 Å². The van der Waals surface area contributed by atoms with Gasteiger partial charge in [-0.25, -0.2) is 9.59 Å². The molecule has 0 aliphatic heterocycles. The first-order chi connectivity index (χ1) is 18.7. The zero-order chi connectivity index (χ0) is 29.2. The van der Waals surface area contributed by atoms with E-state index in [-0.39, 0.29) is 23.0 Å². The summed E-state index contributed by atoms with van der Waals surface area (Å²) in [5, 5.41) is 18.3. The molecule has 0 saturated carbocycles. The Hall–Kier alpha value is -5.00. The van der Waals surface area contributed by atoms with Gasteiger partial charge in [-0.15, -0.1) is 0 Å². The van der Waals surface area contributed by atoms with Gasteiger partial charge in [-0.2, -0.15) is 26.3 Å². The Labute approximate surface area is 221 Å². The molecule has 4 aromatic rings. The lowest BCUT2D eigenvalue weighted by Gasteiger charge is -2.13. The Balaban J connectivity index is 1.47. The van der Waals surface area contributed by atoms with Gasteiger partial charge in [0.25, 0.3) is 0 Å². The molecule has 40 heavy (non-hydrogen) atoms. The first-order valence-electron chi connectivity index (χ1n) is 11.2. The summed E-state index contributed by atoms with van der Waals surface area (Å²) in [4.78, 5) is 22.5. The number of aromatic carboxylic acids is 2. The molecule has 0 spiro atoms. The van der Waals surface area contributed by atoms with E-state index in [1.54, 1.807) is 24.3 Å². The van der Waals surface area contributed by atoms with Crippen LogP contribution in [0, 0.1) is 0 Å². The van der Waals surface area contributed by atoms with Crippen LogP contribution < -0.4 is 9.47 Å². The normalized spacial score (nSPS) is 11.7. The molecule has 6 nitrogen and oxygen atoms in total. The van der Waals surface area contributed by atoms with Crippen LogP contribution in [0.2, 0.25) is 0 Å². The molecule has 0 heterocycles. The summed E-state index contributed by atoms with van der Waals surface area (Å²) in [6.07, 6.45) is -9.68. The maximum Gasteiger partial charge on any atom is 0.417 e. The summed E-state index contributed by atoms with van der Waals surface area (Å²) in [6, 6.07) is 17.5. The van der Waals surface area contributed by atoms with Crippen molar-refractivity contribution in [3.05, 3.63) is 107 Å². The second-order valence-electron chi connectivity index (χ2n) is 8.27. The second kappa shape index (κ2) is 10.6. The molecule has 0 radical (unpaired) electrons. The van der Waals surface area contributed by atoms with E-state index in [0.717, 1.165) is 24.3 Å². The summed E-state index contributed by atoms with van der Waals surface area (Å²) in [5.41, 5.74) is -3.09. The van der Waals surface area contributed by atoms with Crippen LogP contribution in [-0.4, -0.2) is 22.2 Å². The maximum atomic E-state index is 13.0. The topological polar surface area (TPSA) is 93.1 Å². The highest BCUT2D eigenvalue weighted by Crippen LogP contribution is 2.37. The van der Waals surface area contributed by atoms with Crippen LogP contribution in [0.3, 0.4) is 0 Å². The van der Waals surface area contributed by atoms with Crippen molar-refractivity contribution in [2.45, 2.75) is 12.4 Å². The van der Waals surface area contributed by atoms with Gasteiger partial charge in [-0.3, -0.25) is 0 Å². The molecule has 206 valence electrons. The van der Waals surface area contributed by atoms with Crippen LogP contribution in [0.4, 0.5) is 26.3 Å². The van der Waals surface area contributed by atoms with Gasteiger partial charge in [-0.1, -0.05) is 24.3 Å². The lowest BCUT2D eigenvalue weighted by molar-refractivity contribution is -0.138. The van der Waals surface area contributed by atoms with Gasteiger partial charge in [-0.05, 0) is 71.8 Å².